The Hall–Kier alpha value is -2.10. The van der Waals surface area contributed by atoms with E-state index in [0.29, 0.717) is 0 Å². The standard InChI is InChI=1S/C16H30N2O11Si/c1-5-10(30(27-2,28-3)29-4)18-16(8-13(23)24,9-14(25)26)15(17,6-11(19)20)7-12(21)22/h10,18H,5-9,17H2,1-4H3,(H,19,20)(H,21,22)(H,23,24)(H,25,26). The molecule has 0 saturated carbocycles. The van der Waals surface area contributed by atoms with Crippen LogP contribution in [0.5, 0.6) is 0 Å². The summed E-state index contributed by atoms with van der Waals surface area (Å²) in [5, 5.41) is 40.4. The van der Waals surface area contributed by atoms with Gasteiger partial charge in [0.2, 0.25) is 0 Å². The summed E-state index contributed by atoms with van der Waals surface area (Å²) in [6.07, 6.45) is -3.79. The molecule has 0 rings (SSSR count). The largest absolute Gasteiger partial charge is 0.518 e. The minimum absolute atomic E-state index is 0.180. The molecule has 0 aliphatic rings. The Morgan fingerprint density at radius 2 is 1.17 bits per heavy atom. The molecular weight excluding hydrogens is 424 g/mol. The Morgan fingerprint density at radius 3 is 1.40 bits per heavy atom. The van der Waals surface area contributed by atoms with Crippen molar-refractivity contribution in [2.75, 3.05) is 21.3 Å². The van der Waals surface area contributed by atoms with Crippen molar-refractivity contribution in [3.05, 3.63) is 0 Å². The van der Waals surface area contributed by atoms with Crippen molar-refractivity contribution in [2.45, 2.75) is 55.8 Å². The van der Waals surface area contributed by atoms with Crippen LogP contribution in [0.2, 0.25) is 0 Å². The van der Waals surface area contributed by atoms with Gasteiger partial charge in [0, 0.05) is 21.3 Å². The smallest absolute Gasteiger partial charge is 0.481 e. The first kappa shape index (κ1) is 27.9. The van der Waals surface area contributed by atoms with Crippen LogP contribution in [0.3, 0.4) is 0 Å². The van der Waals surface area contributed by atoms with Crippen LogP contribution in [-0.2, 0) is 32.5 Å². The van der Waals surface area contributed by atoms with E-state index in [2.05, 4.69) is 5.32 Å². The van der Waals surface area contributed by atoms with Gasteiger partial charge in [0.05, 0.1) is 42.4 Å². The zero-order valence-corrected chi connectivity index (χ0v) is 18.3. The average molecular weight is 455 g/mol. The van der Waals surface area contributed by atoms with Gasteiger partial charge in [-0.2, -0.15) is 0 Å². The number of nitrogens with one attached hydrogen (secondary N) is 1. The highest BCUT2D eigenvalue weighted by Crippen LogP contribution is 2.36. The molecule has 0 fully saturated rings. The molecule has 13 nitrogen and oxygen atoms in total. The average Bonchev–Trinajstić information content (AvgIpc) is 2.59. The maximum absolute atomic E-state index is 11.7. The van der Waals surface area contributed by atoms with Crippen LogP contribution in [-0.4, -0.2) is 91.2 Å². The van der Waals surface area contributed by atoms with Crippen molar-refractivity contribution < 1.29 is 52.9 Å². The first-order chi connectivity index (χ1) is 13.8. The van der Waals surface area contributed by atoms with Gasteiger partial charge in [-0.25, -0.2) is 0 Å². The molecule has 0 amide bonds. The summed E-state index contributed by atoms with van der Waals surface area (Å²) in [5.74, 6) is -6.07. The molecule has 0 aliphatic heterocycles. The lowest BCUT2D eigenvalue weighted by Gasteiger charge is -2.49. The molecule has 7 N–H and O–H groups in total. The van der Waals surface area contributed by atoms with Gasteiger partial charge in [-0.15, -0.1) is 0 Å². The third-order valence-corrected chi connectivity index (χ3v) is 8.04. The topological polar surface area (TPSA) is 215 Å². The minimum Gasteiger partial charge on any atom is -0.481 e. The van der Waals surface area contributed by atoms with Crippen molar-refractivity contribution in [2.24, 2.45) is 5.73 Å². The number of carbonyl (C=O) groups is 4. The second-order valence-corrected chi connectivity index (χ2v) is 9.97. The van der Waals surface area contributed by atoms with E-state index in [1.54, 1.807) is 6.92 Å². The third-order valence-electron chi connectivity index (χ3n) is 4.93. The van der Waals surface area contributed by atoms with Crippen LogP contribution in [0.25, 0.3) is 0 Å². The molecule has 0 radical (unpaired) electrons. The lowest BCUT2D eigenvalue weighted by molar-refractivity contribution is -0.151. The summed E-state index contributed by atoms with van der Waals surface area (Å²) < 4.78 is 16.2. The number of hydrogen-bond acceptors (Lipinski definition) is 9. The number of rotatable bonds is 16. The SMILES string of the molecule is CCC(NC(CC(=O)O)(CC(=O)O)C(N)(CC(=O)O)CC(=O)O)[Si](OC)(OC)OC. The maximum atomic E-state index is 11.7. The van der Waals surface area contributed by atoms with Gasteiger partial charge in [-0.05, 0) is 6.42 Å². The van der Waals surface area contributed by atoms with Crippen LogP contribution in [0.4, 0.5) is 0 Å². The van der Waals surface area contributed by atoms with E-state index in [1.807, 2.05) is 0 Å². The van der Waals surface area contributed by atoms with Gasteiger partial charge in [0.25, 0.3) is 0 Å². The predicted octanol–water partition coefficient (Wildman–Crippen LogP) is -0.893. The van der Waals surface area contributed by atoms with E-state index in [1.165, 1.54) is 21.3 Å². The molecule has 0 aromatic rings. The Morgan fingerprint density at radius 1 is 0.833 bits per heavy atom. The van der Waals surface area contributed by atoms with Crippen LogP contribution in [0.1, 0.15) is 39.0 Å². The first-order valence-electron chi connectivity index (χ1n) is 8.86. The molecule has 0 spiro atoms. The molecule has 1 atom stereocenters. The highest BCUT2D eigenvalue weighted by molar-refractivity contribution is 6.62. The molecule has 0 bridgehead atoms. The maximum Gasteiger partial charge on any atom is 0.518 e. The second kappa shape index (κ2) is 11.3. The summed E-state index contributed by atoms with van der Waals surface area (Å²) in [5.41, 5.74) is 0.760. The fourth-order valence-electron chi connectivity index (χ4n) is 3.57. The summed E-state index contributed by atoms with van der Waals surface area (Å²) >= 11 is 0. The van der Waals surface area contributed by atoms with E-state index < -0.39 is 75.1 Å². The monoisotopic (exact) mass is 454 g/mol. The molecule has 14 heteroatoms. The van der Waals surface area contributed by atoms with Crippen LogP contribution < -0.4 is 11.1 Å². The van der Waals surface area contributed by atoms with Gasteiger partial charge in [0.1, 0.15) is 0 Å². The molecular formula is C16H30N2O11Si. The predicted molar refractivity (Wildman–Crippen MR) is 103 cm³/mol. The van der Waals surface area contributed by atoms with E-state index in [4.69, 9.17) is 19.0 Å². The van der Waals surface area contributed by atoms with Gasteiger partial charge in [-0.1, -0.05) is 6.92 Å². The summed E-state index contributed by atoms with van der Waals surface area (Å²) in [6, 6.07) is 0. The first-order valence-corrected chi connectivity index (χ1v) is 10.7. The van der Waals surface area contributed by atoms with E-state index in [9.17, 15) is 39.6 Å². The van der Waals surface area contributed by atoms with E-state index >= 15 is 0 Å². The number of carboxylic acid groups (broad SMARTS) is 4. The molecule has 0 aromatic heterocycles. The number of aliphatic carboxylic acids is 4. The van der Waals surface area contributed by atoms with E-state index in [0.717, 1.165) is 0 Å². The fourth-order valence-corrected chi connectivity index (χ4v) is 5.87. The third kappa shape index (κ3) is 6.71. The number of nitrogens with two attached hydrogens (primary N) is 1. The van der Waals surface area contributed by atoms with Crippen molar-refractivity contribution in [3.63, 3.8) is 0 Å². The van der Waals surface area contributed by atoms with Crippen molar-refractivity contribution >= 4 is 32.7 Å². The second-order valence-electron chi connectivity index (χ2n) is 6.84. The Balaban J connectivity index is 6.83. The zero-order valence-electron chi connectivity index (χ0n) is 17.3. The van der Waals surface area contributed by atoms with Crippen LogP contribution in [0, 0.1) is 0 Å². The summed E-state index contributed by atoms with van der Waals surface area (Å²) in [7, 11) is 0.280. The lowest BCUT2D eigenvalue weighted by Crippen LogP contribution is -2.75. The van der Waals surface area contributed by atoms with Gasteiger partial charge < -0.3 is 44.8 Å². The van der Waals surface area contributed by atoms with Crippen LogP contribution >= 0.6 is 0 Å². The molecule has 0 aromatic carbocycles. The van der Waals surface area contributed by atoms with Gasteiger partial charge >= 0.3 is 32.7 Å². The van der Waals surface area contributed by atoms with Crippen LogP contribution in [0.15, 0.2) is 0 Å². The van der Waals surface area contributed by atoms with Crippen molar-refractivity contribution in [1.82, 2.24) is 5.32 Å². The molecule has 0 heterocycles. The van der Waals surface area contributed by atoms with Gasteiger partial charge in [-0.3, -0.25) is 19.2 Å². The minimum atomic E-state index is -3.56. The molecule has 30 heavy (non-hydrogen) atoms. The lowest BCUT2D eigenvalue weighted by atomic mass is 9.68. The van der Waals surface area contributed by atoms with Crippen molar-refractivity contribution in [3.8, 4) is 0 Å². The normalized spacial score (nSPS) is 13.6. The highest BCUT2D eigenvalue weighted by atomic mass is 28.4. The Labute approximate surface area is 174 Å². The highest BCUT2D eigenvalue weighted by Gasteiger charge is 2.58. The Bertz CT molecular complexity index is 598. The van der Waals surface area contributed by atoms with Crippen molar-refractivity contribution in [1.29, 1.82) is 0 Å². The zero-order chi connectivity index (χ0) is 23.8. The fraction of sp³-hybridized carbons (Fsp3) is 0.750. The molecule has 174 valence electrons. The summed E-state index contributed by atoms with van der Waals surface area (Å²) in [4.78, 5) is 46.3. The summed E-state index contributed by atoms with van der Waals surface area (Å²) in [6.45, 7) is 1.65. The number of hydrogen-bond donors (Lipinski definition) is 6. The molecule has 0 saturated heterocycles. The van der Waals surface area contributed by atoms with Gasteiger partial charge in [0.15, 0.2) is 0 Å². The molecule has 0 aliphatic carbocycles. The molecule has 1 unspecified atom stereocenters. The van der Waals surface area contributed by atoms with E-state index in [-0.39, 0.29) is 6.42 Å². The Kier molecular flexibility index (Phi) is 10.5. The quantitative estimate of drug-likeness (QED) is 0.156. The number of carboxylic acids is 4.